The number of halogens is 1. The number of fused-ring (bicyclic) bond motifs is 1. The minimum absolute atomic E-state index is 0.0267. The Morgan fingerprint density at radius 1 is 1.12 bits per heavy atom. The Morgan fingerprint density at radius 3 is 2.52 bits per heavy atom. The molecule has 2 rings (SSSR count). The summed E-state index contributed by atoms with van der Waals surface area (Å²) in [4.78, 5) is 23.6. The van der Waals surface area contributed by atoms with Gasteiger partial charge in [-0.05, 0) is 38.8 Å². The fraction of sp³-hybridized carbons (Fsp3) is 0.444. The van der Waals surface area contributed by atoms with Gasteiger partial charge in [-0.25, -0.2) is 4.79 Å². The molecule has 6 nitrogen and oxygen atoms in total. The lowest BCUT2D eigenvalue weighted by atomic mass is 10.2. The molecule has 0 amide bonds. The summed E-state index contributed by atoms with van der Waals surface area (Å²) in [6.45, 7) is 4.64. The van der Waals surface area contributed by atoms with Gasteiger partial charge < -0.3 is 19.1 Å². The zero-order valence-corrected chi connectivity index (χ0v) is 15.1. The molecule has 0 aliphatic rings. The molecule has 0 aliphatic carbocycles. The van der Waals surface area contributed by atoms with Crippen LogP contribution in [0, 0.1) is 0 Å². The summed E-state index contributed by atoms with van der Waals surface area (Å²) in [5.74, 6) is -0.649. The van der Waals surface area contributed by atoms with Crippen LogP contribution in [0.1, 0.15) is 43.6 Å². The quantitative estimate of drug-likeness (QED) is 0.565. The Balaban J connectivity index is 2.24. The van der Waals surface area contributed by atoms with Crippen molar-refractivity contribution in [3.63, 3.8) is 0 Å². The molecule has 1 heterocycles. The number of aromatic nitrogens is 1. The number of rotatable bonds is 8. The predicted molar refractivity (Wildman–Crippen MR) is 95.1 cm³/mol. The van der Waals surface area contributed by atoms with Crippen LogP contribution in [-0.4, -0.2) is 34.8 Å². The summed E-state index contributed by atoms with van der Waals surface area (Å²) >= 11 is 6.18. The molecule has 0 fully saturated rings. The van der Waals surface area contributed by atoms with E-state index in [1.165, 1.54) is 6.07 Å². The summed E-state index contributed by atoms with van der Waals surface area (Å²) in [5.41, 5.74) is 1.03. The largest absolute Gasteiger partial charge is 0.508 e. The van der Waals surface area contributed by atoms with Crippen LogP contribution in [0.3, 0.4) is 0 Å². The molecular weight excluding hydrogens is 346 g/mol. The highest BCUT2D eigenvalue weighted by molar-refractivity contribution is 6.35. The predicted octanol–water partition coefficient (Wildman–Crippen LogP) is 3.91. The molecule has 0 atom stereocenters. The van der Waals surface area contributed by atoms with E-state index in [0.717, 1.165) is 0 Å². The van der Waals surface area contributed by atoms with E-state index < -0.39 is 5.97 Å². The highest BCUT2D eigenvalue weighted by Gasteiger charge is 2.19. The Morgan fingerprint density at radius 2 is 1.84 bits per heavy atom. The molecule has 25 heavy (non-hydrogen) atoms. The van der Waals surface area contributed by atoms with Gasteiger partial charge in [0.05, 0.1) is 23.8 Å². The normalized spacial score (nSPS) is 10.8. The minimum Gasteiger partial charge on any atom is -0.508 e. The molecule has 0 saturated carbocycles. The Hall–Kier alpha value is -2.21. The third-order valence-corrected chi connectivity index (χ3v) is 4.07. The standard InChI is InChI=1S/C18H22ClNO5/c1-3-24-17(22)7-5-6-8-20-15-10-12(21)9-14(19)13(15)11-16(20)18(23)25-4-2/h9-11,21H,3-8H2,1-2H3. The maximum absolute atomic E-state index is 12.2. The van der Waals surface area contributed by atoms with Crippen molar-refractivity contribution in [2.45, 2.75) is 39.7 Å². The van der Waals surface area contributed by atoms with E-state index in [9.17, 15) is 14.7 Å². The van der Waals surface area contributed by atoms with E-state index in [1.807, 2.05) is 0 Å². The topological polar surface area (TPSA) is 77.8 Å². The van der Waals surface area contributed by atoms with Gasteiger partial charge in [0.2, 0.25) is 0 Å². The van der Waals surface area contributed by atoms with Crippen molar-refractivity contribution in [3.05, 3.63) is 28.9 Å². The van der Waals surface area contributed by atoms with Gasteiger partial charge in [-0.15, -0.1) is 0 Å². The summed E-state index contributed by atoms with van der Waals surface area (Å²) in [5, 5.41) is 10.9. The van der Waals surface area contributed by atoms with Crippen molar-refractivity contribution in [2.24, 2.45) is 0 Å². The number of ether oxygens (including phenoxy) is 2. The fourth-order valence-electron chi connectivity index (χ4n) is 2.69. The molecule has 0 saturated heterocycles. The van der Waals surface area contributed by atoms with Crippen molar-refractivity contribution < 1.29 is 24.2 Å². The first-order valence-electron chi connectivity index (χ1n) is 8.32. The number of carbonyl (C=O) groups excluding carboxylic acids is 2. The number of hydrogen-bond acceptors (Lipinski definition) is 5. The van der Waals surface area contributed by atoms with Crippen molar-refractivity contribution in [1.82, 2.24) is 4.57 Å². The fourth-order valence-corrected chi connectivity index (χ4v) is 2.95. The van der Waals surface area contributed by atoms with Gasteiger partial charge >= 0.3 is 11.9 Å². The maximum Gasteiger partial charge on any atom is 0.354 e. The number of phenols is 1. The first-order valence-corrected chi connectivity index (χ1v) is 8.70. The smallest absolute Gasteiger partial charge is 0.354 e. The molecule has 1 aromatic heterocycles. The van der Waals surface area contributed by atoms with Crippen LogP contribution in [0.2, 0.25) is 5.02 Å². The summed E-state index contributed by atoms with van der Waals surface area (Å²) in [7, 11) is 0. The lowest BCUT2D eigenvalue weighted by Crippen LogP contribution is -2.12. The van der Waals surface area contributed by atoms with Crippen LogP contribution < -0.4 is 0 Å². The number of nitrogens with zero attached hydrogens (tertiary/aromatic N) is 1. The van der Waals surface area contributed by atoms with E-state index in [2.05, 4.69) is 0 Å². The van der Waals surface area contributed by atoms with Crippen LogP contribution >= 0.6 is 11.6 Å². The Bertz CT molecular complexity index is 768. The van der Waals surface area contributed by atoms with Gasteiger partial charge in [-0.1, -0.05) is 11.6 Å². The first kappa shape index (κ1) is 19.1. The van der Waals surface area contributed by atoms with E-state index in [-0.39, 0.29) is 18.3 Å². The number of aryl methyl sites for hydroxylation is 1. The highest BCUT2D eigenvalue weighted by atomic mass is 35.5. The average molecular weight is 368 g/mol. The van der Waals surface area contributed by atoms with Gasteiger partial charge in [-0.2, -0.15) is 0 Å². The second-order valence-corrected chi connectivity index (χ2v) is 5.93. The summed E-state index contributed by atoms with van der Waals surface area (Å²) in [6.07, 6.45) is 1.63. The lowest BCUT2D eigenvalue weighted by Gasteiger charge is -2.10. The number of unbranched alkanes of at least 4 members (excludes halogenated alkanes) is 1. The van der Waals surface area contributed by atoms with E-state index >= 15 is 0 Å². The number of esters is 2. The van der Waals surface area contributed by atoms with Crippen LogP contribution in [0.25, 0.3) is 10.9 Å². The molecular formula is C18H22ClNO5. The lowest BCUT2D eigenvalue weighted by molar-refractivity contribution is -0.143. The van der Waals surface area contributed by atoms with Crippen LogP contribution in [0.15, 0.2) is 18.2 Å². The second-order valence-electron chi connectivity index (χ2n) is 5.52. The SMILES string of the molecule is CCOC(=O)CCCCn1c(C(=O)OCC)cc2c(Cl)cc(O)cc21. The zero-order valence-electron chi connectivity index (χ0n) is 14.4. The molecule has 0 aliphatic heterocycles. The first-order chi connectivity index (χ1) is 12.0. The molecule has 0 unspecified atom stereocenters. The van der Waals surface area contributed by atoms with E-state index in [0.29, 0.717) is 54.0 Å². The van der Waals surface area contributed by atoms with Crippen LogP contribution in [0.5, 0.6) is 5.75 Å². The van der Waals surface area contributed by atoms with E-state index in [1.54, 1.807) is 30.5 Å². The molecule has 136 valence electrons. The number of carbonyl (C=O) groups is 2. The van der Waals surface area contributed by atoms with E-state index in [4.69, 9.17) is 21.1 Å². The molecule has 2 aromatic rings. The molecule has 1 aromatic carbocycles. The van der Waals surface area contributed by atoms with Crippen LogP contribution in [-0.2, 0) is 20.8 Å². The Labute approximate surface area is 151 Å². The molecule has 7 heteroatoms. The minimum atomic E-state index is -0.445. The molecule has 0 radical (unpaired) electrons. The second kappa shape index (κ2) is 8.76. The molecule has 1 N–H and O–H groups in total. The number of phenolic OH excluding ortho intramolecular Hbond substituents is 1. The summed E-state index contributed by atoms with van der Waals surface area (Å²) < 4.78 is 11.8. The highest BCUT2D eigenvalue weighted by Crippen LogP contribution is 2.32. The Kier molecular flexibility index (Phi) is 6.70. The van der Waals surface area contributed by atoms with Crippen molar-refractivity contribution in [3.8, 4) is 5.75 Å². The van der Waals surface area contributed by atoms with Crippen molar-refractivity contribution in [1.29, 1.82) is 0 Å². The van der Waals surface area contributed by atoms with Gasteiger partial charge in [0.15, 0.2) is 0 Å². The van der Waals surface area contributed by atoms with Gasteiger partial charge in [0.1, 0.15) is 11.4 Å². The zero-order chi connectivity index (χ0) is 18.4. The van der Waals surface area contributed by atoms with Crippen LogP contribution in [0.4, 0.5) is 0 Å². The van der Waals surface area contributed by atoms with Crippen molar-refractivity contribution in [2.75, 3.05) is 13.2 Å². The third kappa shape index (κ3) is 4.66. The molecule has 0 spiro atoms. The van der Waals surface area contributed by atoms with Gasteiger partial charge in [0, 0.05) is 24.4 Å². The number of benzene rings is 1. The molecule has 0 bridgehead atoms. The van der Waals surface area contributed by atoms with Gasteiger partial charge in [-0.3, -0.25) is 4.79 Å². The monoisotopic (exact) mass is 367 g/mol. The number of hydrogen-bond donors (Lipinski definition) is 1. The maximum atomic E-state index is 12.2. The van der Waals surface area contributed by atoms with Gasteiger partial charge in [0.25, 0.3) is 0 Å². The van der Waals surface area contributed by atoms with Crippen molar-refractivity contribution >= 4 is 34.4 Å². The average Bonchev–Trinajstić information content (AvgIpc) is 2.91. The summed E-state index contributed by atoms with van der Waals surface area (Å²) in [6, 6.07) is 4.67. The number of aromatic hydroxyl groups is 1. The third-order valence-electron chi connectivity index (χ3n) is 3.76.